The van der Waals surface area contributed by atoms with E-state index < -0.39 is 0 Å². The van der Waals surface area contributed by atoms with Crippen molar-refractivity contribution < 1.29 is 0 Å². The minimum atomic E-state index is 0.641. The van der Waals surface area contributed by atoms with Crippen LogP contribution in [0.15, 0.2) is 24.4 Å². The molecule has 0 aliphatic rings. The van der Waals surface area contributed by atoms with E-state index in [1.807, 2.05) is 18.3 Å². The molecular formula is C12H12Cl2N2S. The number of rotatable bonds is 4. The molecule has 1 N–H and O–H groups in total. The summed E-state index contributed by atoms with van der Waals surface area (Å²) >= 11 is 13.7. The van der Waals surface area contributed by atoms with Crippen molar-refractivity contribution in [1.29, 1.82) is 0 Å². The van der Waals surface area contributed by atoms with Crippen LogP contribution in [0.25, 0.3) is 10.6 Å². The van der Waals surface area contributed by atoms with Crippen molar-refractivity contribution in [3.8, 4) is 10.6 Å². The van der Waals surface area contributed by atoms with Crippen LogP contribution in [0, 0.1) is 0 Å². The highest BCUT2D eigenvalue weighted by atomic mass is 35.5. The Bertz CT molecular complexity index is 511. The molecule has 0 atom stereocenters. The number of halogens is 2. The van der Waals surface area contributed by atoms with Gasteiger partial charge in [0.15, 0.2) is 0 Å². The van der Waals surface area contributed by atoms with E-state index in [1.165, 1.54) is 4.88 Å². The molecule has 0 bridgehead atoms. The Morgan fingerprint density at radius 3 is 2.88 bits per heavy atom. The van der Waals surface area contributed by atoms with Crippen LogP contribution in [-0.4, -0.2) is 11.5 Å². The van der Waals surface area contributed by atoms with Gasteiger partial charge >= 0.3 is 0 Å². The van der Waals surface area contributed by atoms with Crippen molar-refractivity contribution in [1.82, 2.24) is 10.3 Å². The molecule has 0 radical (unpaired) electrons. The van der Waals surface area contributed by atoms with Crippen molar-refractivity contribution in [2.24, 2.45) is 0 Å². The van der Waals surface area contributed by atoms with Crippen molar-refractivity contribution >= 4 is 34.5 Å². The van der Waals surface area contributed by atoms with Crippen LogP contribution in [0.1, 0.15) is 11.8 Å². The van der Waals surface area contributed by atoms with Crippen LogP contribution in [0.2, 0.25) is 10.0 Å². The van der Waals surface area contributed by atoms with Gasteiger partial charge in [-0.3, -0.25) is 0 Å². The lowest BCUT2D eigenvalue weighted by molar-refractivity contribution is 0.734. The first-order valence-corrected chi connectivity index (χ1v) is 6.88. The van der Waals surface area contributed by atoms with Gasteiger partial charge in [-0.2, -0.15) is 0 Å². The van der Waals surface area contributed by atoms with Gasteiger partial charge in [-0.15, -0.1) is 11.3 Å². The molecule has 0 aliphatic heterocycles. The Kier molecular flexibility index (Phi) is 4.40. The Morgan fingerprint density at radius 1 is 1.35 bits per heavy atom. The summed E-state index contributed by atoms with van der Waals surface area (Å²) in [6.07, 6.45) is 1.88. The number of nitrogens with zero attached hydrogens (tertiary/aromatic N) is 1. The molecule has 5 heteroatoms. The Hall–Kier alpha value is -0.610. The zero-order chi connectivity index (χ0) is 12.3. The lowest BCUT2D eigenvalue weighted by Gasteiger charge is -2.00. The van der Waals surface area contributed by atoms with Crippen LogP contribution < -0.4 is 5.32 Å². The highest BCUT2D eigenvalue weighted by Crippen LogP contribution is 2.32. The number of nitrogens with one attached hydrogen (secondary N) is 1. The summed E-state index contributed by atoms with van der Waals surface area (Å²) < 4.78 is 0. The highest BCUT2D eigenvalue weighted by Gasteiger charge is 2.08. The topological polar surface area (TPSA) is 24.9 Å². The molecule has 2 rings (SSSR count). The molecule has 0 fully saturated rings. The molecule has 1 heterocycles. The van der Waals surface area contributed by atoms with Crippen molar-refractivity contribution in [2.75, 3.05) is 6.54 Å². The van der Waals surface area contributed by atoms with Crippen molar-refractivity contribution in [3.63, 3.8) is 0 Å². The van der Waals surface area contributed by atoms with E-state index in [2.05, 4.69) is 17.2 Å². The van der Waals surface area contributed by atoms with Crippen LogP contribution >= 0.6 is 34.5 Å². The summed E-state index contributed by atoms with van der Waals surface area (Å²) in [5.41, 5.74) is 0.934. The maximum atomic E-state index is 6.14. The first-order chi connectivity index (χ1) is 8.20. The number of thiazole rings is 1. The molecular weight excluding hydrogens is 275 g/mol. The van der Waals surface area contributed by atoms with Crippen molar-refractivity contribution in [2.45, 2.75) is 13.5 Å². The van der Waals surface area contributed by atoms with E-state index in [9.17, 15) is 0 Å². The second-order valence-corrected chi connectivity index (χ2v) is 5.50. The first-order valence-electron chi connectivity index (χ1n) is 5.31. The lowest BCUT2D eigenvalue weighted by Crippen LogP contribution is -2.10. The van der Waals surface area contributed by atoms with E-state index >= 15 is 0 Å². The van der Waals surface area contributed by atoms with E-state index in [-0.39, 0.29) is 0 Å². The van der Waals surface area contributed by atoms with Gasteiger partial charge in [-0.05, 0) is 24.7 Å². The molecule has 0 spiro atoms. The molecule has 90 valence electrons. The normalized spacial score (nSPS) is 10.8. The number of hydrogen-bond acceptors (Lipinski definition) is 3. The van der Waals surface area contributed by atoms with Crippen LogP contribution in [0.5, 0.6) is 0 Å². The van der Waals surface area contributed by atoms with E-state index in [0.717, 1.165) is 23.7 Å². The summed E-state index contributed by atoms with van der Waals surface area (Å²) in [6.45, 7) is 3.88. The average Bonchev–Trinajstić information content (AvgIpc) is 2.75. The minimum absolute atomic E-state index is 0.641. The molecule has 0 aliphatic carbocycles. The smallest absolute Gasteiger partial charge is 0.125 e. The predicted octanol–water partition coefficient (Wildman–Crippen LogP) is 4.23. The molecule has 17 heavy (non-hydrogen) atoms. The van der Waals surface area contributed by atoms with Crippen LogP contribution in [-0.2, 0) is 6.54 Å². The number of hydrogen-bond donors (Lipinski definition) is 1. The van der Waals surface area contributed by atoms with Crippen LogP contribution in [0.3, 0.4) is 0 Å². The standard InChI is InChI=1S/C12H12Cl2N2S/c1-2-15-6-9-7-16-12(17-9)10-4-3-8(13)5-11(10)14/h3-5,7,15H,2,6H2,1H3. The van der Waals surface area contributed by atoms with Gasteiger partial charge in [0.25, 0.3) is 0 Å². The predicted molar refractivity (Wildman–Crippen MR) is 75.0 cm³/mol. The summed E-state index contributed by atoms with van der Waals surface area (Å²) in [6, 6.07) is 5.47. The largest absolute Gasteiger partial charge is 0.312 e. The quantitative estimate of drug-likeness (QED) is 0.910. The third-order valence-electron chi connectivity index (χ3n) is 2.26. The molecule has 1 aromatic heterocycles. The van der Waals surface area contributed by atoms with Crippen molar-refractivity contribution in [3.05, 3.63) is 39.3 Å². The number of benzene rings is 1. The fourth-order valence-corrected chi connectivity index (χ4v) is 2.90. The van der Waals surface area contributed by atoms with E-state index in [4.69, 9.17) is 23.2 Å². The Balaban J connectivity index is 2.24. The van der Waals surface area contributed by atoms with E-state index in [0.29, 0.717) is 10.0 Å². The summed E-state index contributed by atoms with van der Waals surface area (Å²) in [5.74, 6) is 0. The van der Waals surface area contributed by atoms with Gasteiger partial charge < -0.3 is 5.32 Å². The first kappa shape index (κ1) is 12.8. The second kappa shape index (κ2) is 5.83. The summed E-state index contributed by atoms with van der Waals surface area (Å²) in [7, 11) is 0. The maximum Gasteiger partial charge on any atom is 0.125 e. The molecule has 2 aromatic rings. The van der Waals surface area contributed by atoms with Gasteiger partial charge in [0.2, 0.25) is 0 Å². The molecule has 0 unspecified atom stereocenters. The Labute approximate surface area is 115 Å². The van der Waals surface area contributed by atoms with Crippen LogP contribution in [0.4, 0.5) is 0 Å². The van der Waals surface area contributed by atoms with Gasteiger partial charge in [-0.25, -0.2) is 4.98 Å². The SMILES string of the molecule is CCNCc1cnc(-c2ccc(Cl)cc2Cl)s1. The van der Waals surface area contributed by atoms with E-state index in [1.54, 1.807) is 17.4 Å². The average molecular weight is 287 g/mol. The number of aromatic nitrogens is 1. The Morgan fingerprint density at radius 2 is 2.18 bits per heavy atom. The third-order valence-corrected chi connectivity index (χ3v) is 3.84. The second-order valence-electron chi connectivity index (χ2n) is 3.54. The molecule has 2 nitrogen and oxygen atoms in total. The summed E-state index contributed by atoms with van der Waals surface area (Å²) in [4.78, 5) is 5.58. The summed E-state index contributed by atoms with van der Waals surface area (Å²) in [5, 5.41) is 5.48. The minimum Gasteiger partial charge on any atom is -0.312 e. The highest BCUT2D eigenvalue weighted by molar-refractivity contribution is 7.15. The zero-order valence-electron chi connectivity index (χ0n) is 9.34. The molecule has 0 amide bonds. The van der Waals surface area contributed by atoms with Gasteiger partial charge in [0.1, 0.15) is 5.01 Å². The third kappa shape index (κ3) is 3.19. The molecule has 0 saturated carbocycles. The fraction of sp³-hybridized carbons (Fsp3) is 0.250. The fourth-order valence-electron chi connectivity index (χ4n) is 1.42. The maximum absolute atomic E-state index is 6.14. The molecule has 1 aromatic carbocycles. The lowest BCUT2D eigenvalue weighted by atomic mass is 10.2. The molecule has 0 saturated heterocycles. The van der Waals surface area contributed by atoms with Gasteiger partial charge in [-0.1, -0.05) is 30.1 Å². The monoisotopic (exact) mass is 286 g/mol. The van der Waals surface area contributed by atoms with Gasteiger partial charge in [0, 0.05) is 28.2 Å². The van der Waals surface area contributed by atoms with Gasteiger partial charge in [0.05, 0.1) is 5.02 Å². The zero-order valence-corrected chi connectivity index (χ0v) is 11.7.